The number of hydrogen-bond donors (Lipinski definition) is 1. The third-order valence-electron chi connectivity index (χ3n) is 6.27. The van der Waals surface area contributed by atoms with Crippen LogP contribution in [-0.2, 0) is 4.79 Å². The van der Waals surface area contributed by atoms with Crippen molar-refractivity contribution in [3.8, 4) is 28.0 Å². The summed E-state index contributed by atoms with van der Waals surface area (Å²) in [6.45, 7) is 1.85. The monoisotopic (exact) mass is 529 g/mol. The summed E-state index contributed by atoms with van der Waals surface area (Å²) in [5.41, 5.74) is 4.13. The van der Waals surface area contributed by atoms with Crippen LogP contribution in [0.5, 0.6) is 5.75 Å². The summed E-state index contributed by atoms with van der Waals surface area (Å²) in [6, 6.07) is 22.5. The maximum absolute atomic E-state index is 13.7. The van der Waals surface area contributed by atoms with E-state index in [-0.39, 0.29) is 11.5 Å². The smallest absolute Gasteiger partial charge is 0.263 e. The van der Waals surface area contributed by atoms with Crippen molar-refractivity contribution >= 4 is 44.7 Å². The summed E-state index contributed by atoms with van der Waals surface area (Å²) in [5, 5.41) is 5.77. The van der Waals surface area contributed by atoms with Crippen molar-refractivity contribution in [2.45, 2.75) is 19.4 Å². The summed E-state index contributed by atoms with van der Waals surface area (Å²) < 4.78 is 6.75. The molecular weight excluding hydrogens is 506 g/mol. The van der Waals surface area contributed by atoms with Crippen molar-refractivity contribution in [3.05, 3.63) is 99.9 Å². The van der Waals surface area contributed by atoms with Gasteiger partial charge in [-0.3, -0.25) is 14.2 Å². The second-order valence-electron chi connectivity index (χ2n) is 8.49. The highest BCUT2D eigenvalue weighted by Gasteiger charge is 2.24. The molecular formula is C29H24ClN3O3S. The lowest BCUT2D eigenvalue weighted by atomic mass is 10.0. The van der Waals surface area contributed by atoms with Crippen molar-refractivity contribution in [2.24, 2.45) is 0 Å². The van der Waals surface area contributed by atoms with Gasteiger partial charge in [-0.05, 0) is 41.3 Å². The molecule has 0 spiro atoms. The standard InChI is InChI=1S/C29H24ClN3O3S/c1-3-24(27(34)32-23-15-21(30)13-14-25(23)36-2)33-17-31-28-26(29(33)35)22(16-37-28)20-11-9-19(10-12-20)18-7-5-4-6-8-18/h4-17,24H,3H2,1-2H3,(H,32,34). The van der Waals surface area contributed by atoms with Crippen LogP contribution in [0.15, 0.2) is 89.3 Å². The number of anilines is 1. The zero-order valence-corrected chi connectivity index (χ0v) is 21.8. The molecule has 0 aliphatic carbocycles. The lowest BCUT2D eigenvalue weighted by Crippen LogP contribution is -2.33. The molecule has 6 nitrogen and oxygen atoms in total. The fourth-order valence-corrected chi connectivity index (χ4v) is 5.43. The number of carbonyl (C=O) groups is 1. The number of amides is 1. The number of aromatic nitrogens is 2. The van der Waals surface area contributed by atoms with E-state index in [9.17, 15) is 9.59 Å². The first kappa shape index (κ1) is 24.7. The van der Waals surface area contributed by atoms with E-state index in [1.54, 1.807) is 18.2 Å². The average Bonchev–Trinajstić information content (AvgIpc) is 3.36. The molecule has 1 N–H and O–H groups in total. The van der Waals surface area contributed by atoms with Crippen LogP contribution in [0.3, 0.4) is 0 Å². The Bertz CT molecular complexity index is 1630. The molecule has 186 valence electrons. The molecule has 0 saturated heterocycles. The van der Waals surface area contributed by atoms with E-state index in [0.29, 0.717) is 33.1 Å². The van der Waals surface area contributed by atoms with E-state index in [0.717, 1.165) is 22.3 Å². The minimum absolute atomic E-state index is 0.256. The lowest BCUT2D eigenvalue weighted by molar-refractivity contribution is -0.119. The number of benzene rings is 3. The predicted molar refractivity (Wildman–Crippen MR) is 151 cm³/mol. The first-order chi connectivity index (χ1) is 18.0. The number of nitrogens with zero attached hydrogens (tertiary/aromatic N) is 2. The number of thiophene rings is 1. The highest BCUT2D eigenvalue weighted by Crippen LogP contribution is 2.33. The van der Waals surface area contributed by atoms with Crippen molar-refractivity contribution in [1.29, 1.82) is 0 Å². The molecule has 0 aliphatic heterocycles. The fraction of sp³-hybridized carbons (Fsp3) is 0.138. The quantitative estimate of drug-likeness (QED) is 0.245. The SMILES string of the molecule is CCC(C(=O)Nc1cc(Cl)ccc1OC)n1cnc2scc(-c3ccc(-c4ccccc4)cc3)c2c1=O. The molecule has 1 unspecified atom stereocenters. The first-order valence-corrected chi connectivity index (χ1v) is 13.0. The number of carbonyl (C=O) groups excluding carboxylic acids is 1. The maximum atomic E-state index is 13.7. The molecule has 3 aromatic carbocycles. The number of hydrogen-bond acceptors (Lipinski definition) is 5. The van der Waals surface area contributed by atoms with Crippen LogP contribution in [0.4, 0.5) is 5.69 Å². The average molecular weight is 530 g/mol. The van der Waals surface area contributed by atoms with E-state index >= 15 is 0 Å². The molecule has 8 heteroatoms. The zero-order chi connectivity index (χ0) is 25.9. The molecule has 0 fully saturated rings. The van der Waals surface area contributed by atoms with Gasteiger partial charge in [-0.1, -0.05) is 73.1 Å². The van der Waals surface area contributed by atoms with Crippen LogP contribution in [-0.4, -0.2) is 22.6 Å². The van der Waals surface area contributed by atoms with Crippen LogP contribution in [0.2, 0.25) is 5.02 Å². The highest BCUT2D eigenvalue weighted by molar-refractivity contribution is 7.17. The minimum Gasteiger partial charge on any atom is -0.495 e. The first-order valence-electron chi connectivity index (χ1n) is 11.8. The molecule has 0 radical (unpaired) electrons. The number of ether oxygens (including phenoxy) is 1. The van der Waals surface area contributed by atoms with E-state index in [4.69, 9.17) is 16.3 Å². The normalized spacial score (nSPS) is 11.9. The Balaban J connectivity index is 1.50. The largest absolute Gasteiger partial charge is 0.495 e. The number of halogens is 1. The summed E-state index contributed by atoms with van der Waals surface area (Å²) >= 11 is 7.53. The van der Waals surface area contributed by atoms with Gasteiger partial charge in [0.05, 0.1) is 24.5 Å². The van der Waals surface area contributed by atoms with Gasteiger partial charge in [-0.2, -0.15) is 0 Å². The van der Waals surface area contributed by atoms with Gasteiger partial charge in [0.25, 0.3) is 5.56 Å². The lowest BCUT2D eigenvalue weighted by Gasteiger charge is -2.19. The second kappa shape index (κ2) is 10.6. The van der Waals surface area contributed by atoms with Gasteiger partial charge in [-0.25, -0.2) is 4.98 Å². The Hall–Kier alpha value is -3.94. The summed E-state index contributed by atoms with van der Waals surface area (Å²) in [5.74, 6) is 0.128. The van der Waals surface area contributed by atoms with E-state index < -0.39 is 6.04 Å². The van der Waals surface area contributed by atoms with Gasteiger partial charge >= 0.3 is 0 Å². The molecule has 1 amide bonds. The molecule has 0 aliphatic rings. The van der Waals surface area contributed by atoms with Gasteiger partial charge in [0, 0.05) is 16.0 Å². The second-order valence-corrected chi connectivity index (χ2v) is 9.78. The molecule has 0 saturated carbocycles. The highest BCUT2D eigenvalue weighted by atomic mass is 35.5. The van der Waals surface area contributed by atoms with E-state index in [1.165, 1.54) is 29.3 Å². The van der Waals surface area contributed by atoms with Crippen LogP contribution in [0, 0.1) is 0 Å². The van der Waals surface area contributed by atoms with Gasteiger partial charge in [-0.15, -0.1) is 11.3 Å². The third-order valence-corrected chi connectivity index (χ3v) is 7.39. The maximum Gasteiger partial charge on any atom is 0.263 e. The Labute approximate surface area is 223 Å². The summed E-state index contributed by atoms with van der Waals surface area (Å²) in [4.78, 5) is 32.1. The summed E-state index contributed by atoms with van der Waals surface area (Å²) in [6.07, 6.45) is 1.85. The summed E-state index contributed by atoms with van der Waals surface area (Å²) in [7, 11) is 1.52. The van der Waals surface area contributed by atoms with Crippen molar-refractivity contribution in [1.82, 2.24) is 9.55 Å². The van der Waals surface area contributed by atoms with Crippen LogP contribution in [0.1, 0.15) is 19.4 Å². The number of methoxy groups -OCH3 is 1. The number of fused-ring (bicyclic) bond motifs is 1. The predicted octanol–water partition coefficient (Wildman–Crippen LogP) is 7.04. The molecule has 1 atom stereocenters. The topological polar surface area (TPSA) is 73.2 Å². The molecule has 2 heterocycles. The van der Waals surface area contributed by atoms with Crippen LogP contribution < -0.4 is 15.6 Å². The Kier molecular flexibility index (Phi) is 7.08. The van der Waals surface area contributed by atoms with Crippen molar-refractivity contribution in [2.75, 3.05) is 12.4 Å². The van der Waals surface area contributed by atoms with Crippen molar-refractivity contribution in [3.63, 3.8) is 0 Å². The van der Waals surface area contributed by atoms with E-state index in [1.807, 2.05) is 54.8 Å². The number of rotatable bonds is 7. The zero-order valence-electron chi connectivity index (χ0n) is 20.3. The molecule has 0 bridgehead atoms. The molecule has 5 rings (SSSR count). The fourth-order valence-electron chi connectivity index (χ4n) is 4.36. The Morgan fingerprint density at radius 2 is 1.76 bits per heavy atom. The Morgan fingerprint density at radius 1 is 1.05 bits per heavy atom. The van der Waals surface area contributed by atoms with Gasteiger partial charge in [0.2, 0.25) is 5.91 Å². The third kappa shape index (κ3) is 4.88. The molecule has 5 aromatic rings. The molecule has 2 aromatic heterocycles. The van der Waals surface area contributed by atoms with Gasteiger partial charge < -0.3 is 10.1 Å². The van der Waals surface area contributed by atoms with Gasteiger partial charge in [0.15, 0.2) is 0 Å². The number of nitrogens with one attached hydrogen (secondary N) is 1. The van der Waals surface area contributed by atoms with E-state index in [2.05, 4.69) is 22.4 Å². The minimum atomic E-state index is -0.763. The van der Waals surface area contributed by atoms with Crippen molar-refractivity contribution < 1.29 is 9.53 Å². The molecule has 37 heavy (non-hydrogen) atoms. The van der Waals surface area contributed by atoms with Crippen LogP contribution >= 0.6 is 22.9 Å². The Morgan fingerprint density at radius 3 is 2.46 bits per heavy atom. The van der Waals surface area contributed by atoms with Gasteiger partial charge in [0.1, 0.15) is 16.6 Å². The van der Waals surface area contributed by atoms with Crippen LogP contribution in [0.25, 0.3) is 32.5 Å².